The van der Waals surface area contributed by atoms with Gasteiger partial charge in [-0.15, -0.1) is 0 Å². The zero-order valence-corrected chi connectivity index (χ0v) is 18.6. The number of hydrogen-bond acceptors (Lipinski definition) is 5. The van der Waals surface area contributed by atoms with Crippen LogP contribution in [0.4, 0.5) is 17.1 Å². The summed E-state index contributed by atoms with van der Waals surface area (Å²) in [6.07, 6.45) is -0.0130. The number of nitro groups is 1. The summed E-state index contributed by atoms with van der Waals surface area (Å²) in [4.78, 5) is 49.9. The summed E-state index contributed by atoms with van der Waals surface area (Å²) >= 11 is 0. The Morgan fingerprint density at radius 1 is 1.03 bits per heavy atom. The number of rotatable bonds is 6. The molecule has 34 heavy (non-hydrogen) atoms. The van der Waals surface area contributed by atoms with Crippen molar-refractivity contribution in [1.29, 1.82) is 0 Å². The Labute approximate surface area is 195 Å². The Morgan fingerprint density at radius 3 is 2.44 bits per heavy atom. The van der Waals surface area contributed by atoms with Gasteiger partial charge in [0.15, 0.2) is 0 Å². The maximum atomic E-state index is 12.8. The fourth-order valence-corrected chi connectivity index (χ4v) is 3.90. The van der Waals surface area contributed by atoms with E-state index in [4.69, 9.17) is 0 Å². The Hall–Kier alpha value is -4.47. The van der Waals surface area contributed by atoms with Crippen molar-refractivity contribution in [2.45, 2.75) is 20.3 Å². The van der Waals surface area contributed by atoms with E-state index in [2.05, 4.69) is 10.7 Å². The van der Waals surface area contributed by atoms with Crippen LogP contribution in [0.25, 0.3) is 0 Å². The van der Waals surface area contributed by atoms with Crippen LogP contribution < -0.4 is 15.6 Å². The summed E-state index contributed by atoms with van der Waals surface area (Å²) in [5, 5.41) is 13.8. The average Bonchev–Trinajstić information content (AvgIpc) is 3.36. The van der Waals surface area contributed by atoms with Crippen LogP contribution in [-0.2, 0) is 9.59 Å². The largest absolute Gasteiger partial charge is 0.326 e. The van der Waals surface area contributed by atoms with Crippen LogP contribution >= 0.6 is 0 Å². The summed E-state index contributed by atoms with van der Waals surface area (Å²) in [5.41, 5.74) is 5.64. The van der Waals surface area contributed by atoms with Gasteiger partial charge in [-0.25, -0.2) is 0 Å². The minimum atomic E-state index is -0.630. The second-order valence-electron chi connectivity index (χ2n) is 8.14. The zero-order valence-electron chi connectivity index (χ0n) is 18.6. The second kappa shape index (κ2) is 9.18. The highest BCUT2D eigenvalue weighted by atomic mass is 16.6. The SMILES string of the molecule is Cc1ccc(C)n1NC(=O)c1cccc(NC(=O)[C@@H]2CC(=O)N(c3cccc([N+](=O)[O-])c3)C2)c1. The van der Waals surface area contributed by atoms with Crippen LogP contribution in [0.3, 0.4) is 0 Å². The number of aryl methyl sites for hydroxylation is 2. The van der Waals surface area contributed by atoms with Crippen molar-refractivity contribution in [3.63, 3.8) is 0 Å². The number of nitrogens with zero attached hydrogens (tertiary/aromatic N) is 3. The number of hydrogen-bond donors (Lipinski definition) is 2. The average molecular weight is 461 g/mol. The molecule has 10 heteroatoms. The van der Waals surface area contributed by atoms with Crippen molar-refractivity contribution in [3.05, 3.63) is 87.7 Å². The molecule has 1 aliphatic heterocycles. The molecular formula is C24H23N5O5. The molecule has 1 fully saturated rings. The fraction of sp³-hybridized carbons (Fsp3) is 0.208. The first-order valence-electron chi connectivity index (χ1n) is 10.6. The van der Waals surface area contributed by atoms with Crippen LogP contribution in [0.15, 0.2) is 60.7 Å². The van der Waals surface area contributed by atoms with Gasteiger partial charge in [-0.2, -0.15) is 0 Å². The lowest BCUT2D eigenvalue weighted by Gasteiger charge is -2.16. The van der Waals surface area contributed by atoms with E-state index in [9.17, 15) is 24.5 Å². The van der Waals surface area contributed by atoms with Crippen LogP contribution in [0.5, 0.6) is 0 Å². The molecule has 4 rings (SSSR count). The van der Waals surface area contributed by atoms with E-state index in [1.54, 1.807) is 35.0 Å². The van der Waals surface area contributed by atoms with Crippen LogP contribution in [0.1, 0.15) is 28.2 Å². The molecule has 174 valence electrons. The number of nitro benzene ring substituents is 1. The van der Waals surface area contributed by atoms with E-state index in [-0.39, 0.29) is 36.4 Å². The minimum Gasteiger partial charge on any atom is -0.326 e. The normalized spacial score (nSPS) is 15.3. The lowest BCUT2D eigenvalue weighted by atomic mass is 10.1. The molecule has 2 N–H and O–H groups in total. The predicted molar refractivity (Wildman–Crippen MR) is 126 cm³/mol. The summed E-state index contributed by atoms with van der Waals surface area (Å²) < 4.78 is 1.68. The monoisotopic (exact) mass is 461 g/mol. The Bertz CT molecular complexity index is 1280. The first-order valence-corrected chi connectivity index (χ1v) is 10.6. The molecule has 1 aromatic heterocycles. The van der Waals surface area contributed by atoms with Crippen molar-refractivity contribution < 1.29 is 19.3 Å². The third-order valence-corrected chi connectivity index (χ3v) is 5.72. The Morgan fingerprint density at radius 2 is 1.74 bits per heavy atom. The molecule has 2 heterocycles. The van der Waals surface area contributed by atoms with Crippen LogP contribution in [-0.4, -0.2) is 33.9 Å². The highest BCUT2D eigenvalue weighted by molar-refractivity contribution is 6.05. The molecule has 1 aliphatic rings. The van der Waals surface area contributed by atoms with Gasteiger partial charge < -0.3 is 10.2 Å². The Kier molecular flexibility index (Phi) is 6.13. The molecule has 2 aromatic carbocycles. The van der Waals surface area contributed by atoms with Gasteiger partial charge in [0.25, 0.3) is 11.6 Å². The van der Waals surface area contributed by atoms with E-state index in [1.807, 2.05) is 26.0 Å². The molecule has 0 aliphatic carbocycles. The first kappa shape index (κ1) is 22.7. The summed E-state index contributed by atoms with van der Waals surface area (Å²) in [6, 6.07) is 16.1. The Balaban J connectivity index is 1.43. The number of aromatic nitrogens is 1. The van der Waals surface area contributed by atoms with Crippen molar-refractivity contribution >= 4 is 34.8 Å². The highest BCUT2D eigenvalue weighted by Gasteiger charge is 2.35. The molecule has 1 atom stereocenters. The molecule has 0 spiro atoms. The van der Waals surface area contributed by atoms with Gasteiger partial charge in [0.05, 0.1) is 16.5 Å². The van der Waals surface area contributed by atoms with Gasteiger partial charge in [0.1, 0.15) is 0 Å². The van der Waals surface area contributed by atoms with Crippen LogP contribution in [0.2, 0.25) is 0 Å². The maximum absolute atomic E-state index is 12.8. The fourth-order valence-electron chi connectivity index (χ4n) is 3.90. The molecule has 3 aromatic rings. The lowest BCUT2D eigenvalue weighted by Crippen LogP contribution is -2.28. The third-order valence-electron chi connectivity index (χ3n) is 5.72. The number of anilines is 2. The second-order valence-corrected chi connectivity index (χ2v) is 8.14. The molecule has 0 radical (unpaired) electrons. The molecule has 1 saturated heterocycles. The van der Waals surface area contributed by atoms with E-state index < -0.39 is 10.8 Å². The summed E-state index contributed by atoms with van der Waals surface area (Å²) in [6.45, 7) is 3.87. The van der Waals surface area contributed by atoms with Gasteiger partial charge >= 0.3 is 0 Å². The van der Waals surface area contributed by atoms with Crippen molar-refractivity contribution in [3.8, 4) is 0 Å². The molecular weight excluding hydrogens is 438 g/mol. The van der Waals surface area contributed by atoms with Crippen molar-refractivity contribution in [1.82, 2.24) is 4.68 Å². The quantitative estimate of drug-likeness (QED) is 0.430. The topological polar surface area (TPSA) is 127 Å². The third kappa shape index (κ3) is 4.65. The number of nitrogens with one attached hydrogen (secondary N) is 2. The zero-order chi connectivity index (χ0) is 24.4. The summed E-state index contributed by atoms with van der Waals surface area (Å²) in [5.74, 6) is -1.61. The van der Waals surface area contributed by atoms with Gasteiger partial charge in [0, 0.05) is 47.7 Å². The van der Waals surface area contributed by atoms with E-state index in [0.717, 1.165) is 11.4 Å². The van der Waals surface area contributed by atoms with E-state index in [0.29, 0.717) is 16.9 Å². The lowest BCUT2D eigenvalue weighted by molar-refractivity contribution is -0.384. The van der Waals surface area contributed by atoms with Gasteiger partial charge in [0.2, 0.25) is 11.8 Å². The van der Waals surface area contributed by atoms with E-state index >= 15 is 0 Å². The number of non-ortho nitro benzene ring substituents is 1. The highest BCUT2D eigenvalue weighted by Crippen LogP contribution is 2.28. The number of carbonyl (C=O) groups excluding carboxylic acids is 3. The minimum absolute atomic E-state index is 0.0130. The van der Waals surface area contributed by atoms with Gasteiger partial charge in [-0.05, 0) is 50.2 Å². The van der Waals surface area contributed by atoms with Crippen molar-refractivity contribution in [2.24, 2.45) is 5.92 Å². The molecule has 0 unspecified atom stereocenters. The summed E-state index contributed by atoms with van der Waals surface area (Å²) in [7, 11) is 0. The predicted octanol–water partition coefficient (Wildman–Crippen LogP) is 3.39. The van der Waals surface area contributed by atoms with Gasteiger partial charge in [-0.1, -0.05) is 12.1 Å². The molecule has 0 bridgehead atoms. The first-order chi connectivity index (χ1) is 16.2. The number of benzene rings is 2. The number of carbonyl (C=O) groups is 3. The number of amides is 3. The van der Waals surface area contributed by atoms with Gasteiger partial charge in [-0.3, -0.25) is 34.6 Å². The van der Waals surface area contributed by atoms with Crippen molar-refractivity contribution in [2.75, 3.05) is 22.2 Å². The van der Waals surface area contributed by atoms with Crippen LogP contribution in [0, 0.1) is 29.9 Å². The smallest absolute Gasteiger partial charge is 0.271 e. The molecule has 0 saturated carbocycles. The maximum Gasteiger partial charge on any atom is 0.271 e. The molecule has 10 nitrogen and oxygen atoms in total. The molecule has 3 amide bonds. The van der Waals surface area contributed by atoms with E-state index in [1.165, 1.54) is 23.1 Å². The standard InChI is InChI=1S/C24H23N5O5/c1-15-9-10-16(2)28(15)26-24(32)17-5-3-6-19(11-17)25-23(31)18-12-22(30)27(14-18)20-7-4-8-21(13-20)29(33)34/h3-11,13,18H,12,14H2,1-2H3,(H,25,31)(H,26,32)/t18-/m1/s1.